The second kappa shape index (κ2) is 11.9. The molecule has 0 aromatic heterocycles. The maximum atomic E-state index is 13.6. The van der Waals surface area contributed by atoms with Crippen LogP contribution >= 0.6 is 0 Å². The lowest BCUT2D eigenvalue weighted by Gasteiger charge is -2.22. The maximum Gasteiger partial charge on any atom is 0.864 e. The van der Waals surface area contributed by atoms with Gasteiger partial charge in [0.05, 0.1) is 33.4 Å². The van der Waals surface area contributed by atoms with Crippen molar-refractivity contribution in [2.24, 2.45) is 0 Å². The van der Waals surface area contributed by atoms with Gasteiger partial charge in [0.15, 0.2) is 0 Å². The van der Waals surface area contributed by atoms with Gasteiger partial charge in [-0.15, -0.1) is 0 Å². The highest BCUT2D eigenvalue weighted by Crippen LogP contribution is 2.43. The Hall–Kier alpha value is -4.14. The van der Waals surface area contributed by atoms with Crippen LogP contribution in [-0.4, -0.2) is 7.32 Å². The highest BCUT2D eigenvalue weighted by Gasteiger charge is 2.44. The molecular weight excluding hydrogens is 689 g/mol. The van der Waals surface area contributed by atoms with E-state index in [2.05, 4.69) is 14.0 Å². The Morgan fingerprint density at radius 3 is 0.957 bits per heavy atom. The third-order valence-electron chi connectivity index (χ3n) is 5.42. The van der Waals surface area contributed by atoms with E-state index in [1.54, 1.807) is 0 Å². The van der Waals surface area contributed by atoms with E-state index in [0.29, 0.717) is 0 Å². The molecule has 3 aromatic rings. The lowest BCUT2D eigenvalue weighted by molar-refractivity contribution is -0.144. The first-order valence-electron chi connectivity index (χ1n) is 11.4. The molecule has 0 unspecified atom stereocenters. The SMILES string of the molecule is FC(F)(F)c1cc(OB(Oc2cc(C(F)(F)F)cc(C(F)(F)F)c2)Oc2cc(C(F)(F)F)ccc2C(F)(F)F)cc(C(F)(F)F)c1. The second-order valence-corrected chi connectivity index (χ2v) is 8.83. The molecule has 3 rings (SSSR count). The molecule has 252 valence electrons. The zero-order chi connectivity index (χ0) is 35.3. The molecule has 0 aliphatic rings. The highest BCUT2D eigenvalue weighted by atomic mass is 19.4. The Morgan fingerprint density at radius 2 is 0.674 bits per heavy atom. The molecule has 0 saturated carbocycles. The first kappa shape index (κ1) is 36.3. The minimum Gasteiger partial charge on any atom is -0.490 e. The van der Waals surface area contributed by atoms with Crippen LogP contribution in [0.5, 0.6) is 17.2 Å². The quantitative estimate of drug-likeness (QED) is 0.190. The zero-order valence-corrected chi connectivity index (χ0v) is 21.3. The predicted octanol–water partition coefficient (Wildman–Crippen LogP) is 10.3. The highest BCUT2D eigenvalue weighted by molar-refractivity contribution is 6.39. The van der Waals surface area contributed by atoms with Crippen molar-refractivity contribution in [3.63, 3.8) is 0 Å². The summed E-state index contributed by atoms with van der Waals surface area (Å²) in [7, 11) is -3.36. The van der Waals surface area contributed by atoms with Crippen LogP contribution in [-0.2, 0) is 37.1 Å². The van der Waals surface area contributed by atoms with Gasteiger partial charge in [-0.1, -0.05) is 0 Å². The fourth-order valence-corrected chi connectivity index (χ4v) is 3.42. The van der Waals surface area contributed by atoms with Gasteiger partial charge in [-0.2, -0.15) is 79.0 Å². The van der Waals surface area contributed by atoms with E-state index < -0.39 is 113 Å². The van der Waals surface area contributed by atoms with Crippen LogP contribution in [0.4, 0.5) is 79.0 Å². The minimum absolute atomic E-state index is 0.128. The number of alkyl halides is 18. The summed E-state index contributed by atoms with van der Waals surface area (Å²) in [6.45, 7) is 0. The standard InChI is InChI=1S/C24H9BF18O3/c26-19(27,28)10-1-2-17(24(41,42)43)18(9-10)46-25(44-15-5-11(20(29,30)31)3-12(6-15)21(32,33)34)45-16-7-13(22(35,36)37)4-14(8-16)23(38,39)40/h1-9H. The van der Waals surface area contributed by atoms with Gasteiger partial charge in [0.1, 0.15) is 17.2 Å². The molecule has 0 saturated heterocycles. The van der Waals surface area contributed by atoms with Crippen LogP contribution < -0.4 is 14.0 Å². The summed E-state index contributed by atoms with van der Waals surface area (Å²) in [5.74, 6) is -5.27. The first-order valence-corrected chi connectivity index (χ1v) is 11.4. The van der Waals surface area contributed by atoms with Crippen LogP contribution in [0.25, 0.3) is 0 Å². The molecule has 0 bridgehead atoms. The van der Waals surface area contributed by atoms with Crippen molar-refractivity contribution in [2.45, 2.75) is 37.1 Å². The predicted molar refractivity (Wildman–Crippen MR) is 117 cm³/mol. The number of halogens is 18. The van der Waals surface area contributed by atoms with Gasteiger partial charge in [0.2, 0.25) is 0 Å². The van der Waals surface area contributed by atoms with E-state index in [-0.39, 0.29) is 36.4 Å². The van der Waals surface area contributed by atoms with Crippen molar-refractivity contribution in [2.75, 3.05) is 0 Å². The summed E-state index contributed by atoms with van der Waals surface area (Å²) < 4.78 is 254. The molecular formula is C24H9BF18O3. The zero-order valence-electron chi connectivity index (χ0n) is 21.3. The molecule has 0 spiro atoms. The molecule has 0 heterocycles. The fraction of sp³-hybridized carbons (Fsp3) is 0.250. The first-order chi connectivity index (χ1) is 20.5. The number of hydrogen-bond donors (Lipinski definition) is 0. The van der Waals surface area contributed by atoms with Crippen LogP contribution in [0.15, 0.2) is 54.6 Å². The third kappa shape index (κ3) is 9.21. The number of rotatable bonds is 6. The van der Waals surface area contributed by atoms with Crippen molar-refractivity contribution in [3.05, 3.63) is 88.0 Å². The van der Waals surface area contributed by atoms with E-state index in [1.165, 1.54) is 0 Å². The van der Waals surface area contributed by atoms with Crippen molar-refractivity contribution < 1.29 is 93.0 Å². The normalized spacial score (nSPS) is 13.4. The van der Waals surface area contributed by atoms with Gasteiger partial charge >= 0.3 is 44.4 Å². The summed E-state index contributed by atoms with van der Waals surface area (Å²) in [5.41, 5.74) is -12.5. The van der Waals surface area contributed by atoms with Crippen molar-refractivity contribution in [1.29, 1.82) is 0 Å². The summed E-state index contributed by atoms with van der Waals surface area (Å²) in [6.07, 6.45) is -33.3. The topological polar surface area (TPSA) is 27.7 Å². The Bertz CT molecular complexity index is 1410. The molecule has 0 aliphatic carbocycles. The molecule has 3 nitrogen and oxygen atoms in total. The van der Waals surface area contributed by atoms with Crippen LogP contribution in [0, 0.1) is 0 Å². The summed E-state index contributed by atoms with van der Waals surface area (Å²) in [5, 5.41) is 0. The Labute approximate surface area is 243 Å². The molecule has 46 heavy (non-hydrogen) atoms. The van der Waals surface area contributed by atoms with Crippen LogP contribution in [0.2, 0.25) is 0 Å². The van der Waals surface area contributed by atoms with Gasteiger partial charge in [0, 0.05) is 0 Å². The molecule has 22 heteroatoms. The minimum atomic E-state index is -5.61. The Balaban J connectivity index is 2.26. The molecule has 0 fully saturated rings. The molecule has 0 N–H and O–H groups in total. The average Bonchev–Trinajstić information content (AvgIpc) is 2.85. The molecule has 0 amide bonds. The summed E-state index contributed by atoms with van der Waals surface area (Å²) in [6, 6.07) is -2.72. The van der Waals surface area contributed by atoms with Crippen LogP contribution in [0.3, 0.4) is 0 Å². The maximum absolute atomic E-state index is 13.6. The Kier molecular flexibility index (Phi) is 9.40. The average molecular weight is 698 g/mol. The van der Waals surface area contributed by atoms with E-state index in [0.717, 1.165) is 0 Å². The van der Waals surface area contributed by atoms with E-state index >= 15 is 0 Å². The van der Waals surface area contributed by atoms with Gasteiger partial charge in [-0.05, 0) is 54.6 Å². The van der Waals surface area contributed by atoms with Gasteiger partial charge < -0.3 is 14.0 Å². The second-order valence-electron chi connectivity index (χ2n) is 8.83. The van der Waals surface area contributed by atoms with Crippen molar-refractivity contribution in [3.8, 4) is 17.2 Å². The summed E-state index contributed by atoms with van der Waals surface area (Å²) in [4.78, 5) is 0. The third-order valence-corrected chi connectivity index (χ3v) is 5.42. The fourth-order valence-electron chi connectivity index (χ4n) is 3.42. The Morgan fingerprint density at radius 1 is 0.348 bits per heavy atom. The summed E-state index contributed by atoms with van der Waals surface area (Å²) >= 11 is 0. The van der Waals surface area contributed by atoms with E-state index in [4.69, 9.17) is 0 Å². The largest absolute Gasteiger partial charge is 0.864 e. The van der Waals surface area contributed by atoms with Crippen molar-refractivity contribution >= 4 is 7.32 Å². The van der Waals surface area contributed by atoms with Gasteiger partial charge in [-0.25, -0.2) is 0 Å². The lowest BCUT2D eigenvalue weighted by atomic mass is 10.1. The van der Waals surface area contributed by atoms with E-state index in [1.807, 2.05) is 0 Å². The monoisotopic (exact) mass is 698 g/mol. The smallest absolute Gasteiger partial charge is 0.490 e. The van der Waals surface area contributed by atoms with E-state index in [9.17, 15) is 79.0 Å². The number of hydrogen-bond acceptors (Lipinski definition) is 3. The van der Waals surface area contributed by atoms with Crippen molar-refractivity contribution in [1.82, 2.24) is 0 Å². The number of benzene rings is 3. The lowest BCUT2D eigenvalue weighted by Crippen LogP contribution is -2.38. The van der Waals surface area contributed by atoms with Gasteiger partial charge in [-0.3, -0.25) is 0 Å². The van der Waals surface area contributed by atoms with Crippen LogP contribution in [0.1, 0.15) is 33.4 Å². The molecule has 3 aromatic carbocycles. The molecule has 0 radical (unpaired) electrons. The molecule has 0 aliphatic heterocycles. The molecule has 0 atom stereocenters. The van der Waals surface area contributed by atoms with Gasteiger partial charge in [0.25, 0.3) is 0 Å².